The van der Waals surface area contributed by atoms with Crippen molar-refractivity contribution < 1.29 is 4.79 Å². The first-order valence-corrected chi connectivity index (χ1v) is 7.12. The van der Waals surface area contributed by atoms with Crippen molar-refractivity contribution in [3.8, 4) is 0 Å². The minimum Gasteiger partial charge on any atom is -0.340 e. The SMILES string of the molecule is CN(Cc1cccnc1)C(=O)C(C)(C)N1CCNCC1. The Bertz CT molecular complexity index is 440. The van der Waals surface area contributed by atoms with Gasteiger partial charge in [0.05, 0.1) is 5.54 Å². The van der Waals surface area contributed by atoms with Crippen LogP contribution in [-0.2, 0) is 11.3 Å². The van der Waals surface area contributed by atoms with Crippen molar-refractivity contribution in [3.05, 3.63) is 30.1 Å². The molecule has 0 aromatic carbocycles. The number of pyridine rings is 1. The topological polar surface area (TPSA) is 48.5 Å². The van der Waals surface area contributed by atoms with Crippen LogP contribution in [-0.4, -0.2) is 59.5 Å². The number of rotatable bonds is 4. The molecule has 0 aliphatic carbocycles. The minimum atomic E-state index is -0.459. The average molecular weight is 276 g/mol. The van der Waals surface area contributed by atoms with E-state index in [4.69, 9.17) is 0 Å². The van der Waals surface area contributed by atoms with Gasteiger partial charge in [0.15, 0.2) is 0 Å². The van der Waals surface area contributed by atoms with Crippen LogP contribution >= 0.6 is 0 Å². The highest BCUT2D eigenvalue weighted by Gasteiger charge is 2.36. The quantitative estimate of drug-likeness (QED) is 0.880. The van der Waals surface area contributed by atoms with Crippen LogP contribution in [0.15, 0.2) is 24.5 Å². The van der Waals surface area contributed by atoms with E-state index in [0.29, 0.717) is 6.54 Å². The second kappa shape index (κ2) is 6.33. The van der Waals surface area contributed by atoms with Gasteiger partial charge < -0.3 is 10.2 Å². The predicted octanol–water partition coefficient (Wildman–Crippen LogP) is 0.724. The maximum absolute atomic E-state index is 12.7. The maximum atomic E-state index is 12.7. The van der Waals surface area contributed by atoms with Crippen LogP contribution in [0.4, 0.5) is 0 Å². The zero-order valence-corrected chi connectivity index (χ0v) is 12.6. The number of likely N-dealkylation sites (N-methyl/N-ethyl adjacent to an activating group) is 1. The van der Waals surface area contributed by atoms with E-state index in [1.807, 2.05) is 39.2 Å². The summed E-state index contributed by atoms with van der Waals surface area (Å²) in [5.41, 5.74) is 0.596. The molecular weight excluding hydrogens is 252 g/mol. The van der Waals surface area contributed by atoms with E-state index >= 15 is 0 Å². The van der Waals surface area contributed by atoms with Crippen molar-refractivity contribution >= 4 is 5.91 Å². The third kappa shape index (κ3) is 3.35. The molecular formula is C15H24N4O. The Kier molecular flexibility index (Phi) is 4.73. The molecule has 0 unspecified atom stereocenters. The van der Waals surface area contributed by atoms with Gasteiger partial charge in [-0.3, -0.25) is 14.7 Å². The highest BCUT2D eigenvalue weighted by molar-refractivity contribution is 5.85. The molecule has 0 bridgehead atoms. The summed E-state index contributed by atoms with van der Waals surface area (Å²) in [6, 6.07) is 3.89. The summed E-state index contributed by atoms with van der Waals surface area (Å²) >= 11 is 0. The average Bonchev–Trinajstić information content (AvgIpc) is 2.48. The highest BCUT2D eigenvalue weighted by atomic mass is 16.2. The van der Waals surface area contributed by atoms with E-state index in [-0.39, 0.29) is 5.91 Å². The molecule has 1 fully saturated rings. The van der Waals surface area contributed by atoms with Gasteiger partial charge in [0, 0.05) is 52.2 Å². The molecule has 1 N–H and O–H groups in total. The molecule has 1 aliphatic heterocycles. The van der Waals surface area contributed by atoms with E-state index in [1.165, 1.54) is 0 Å². The third-order valence-corrected chi connectivity index (χ3v) is 3.92. The van der Waals surface area contributed by atoms with Crippen LogP contribution in [0.5, 0.6) is 0 Å². The Morgan fingerprint density at radius 3 is 2.75 bits per heavy atom. The van der Waals surface area contributed by atoms with Crippen LogP contribution in [0.25, 0.3) is 0 Å². The molecule has 110 valence electrons. The molecule has 2 heterocycles. The monoisotopic (exact) mass is 276 g/mol. The van der Waals surface area contributed by atoms with Gasteiger partial charge in [-0.25, -0.2) is 0 Å². The summed E-state index contributed by atoms with van der Waals surface area (Å²) in [4.78, 5) is 20.9. The van der Waals surface area contributed by atoms with Crippen molar-refractivity contribution in [1.29, 1.82) is 0 Å². The van der Waals surface area contributed by atoms with Crippen LogP contribution in [0.3, 0.4) is 0 Å². The number of hydrogen-bond donors (Lipinski definition) is 1. The molecule has 1 amide bonds. The minimum absolute atomic E-state index is 0.156. The van der Waals surface area contributed by atoms with E-state index in [0.717, 1.165) is 31.7 Å². The molecule has 2 rings (SSSR count). The molecule has 1 aliphatic rings. The lowest BCUT2D eigenvalue weighted by Gasteiger charge is -2.41. The maximum Gasteiger partial charge on any atom is 0.242 e. The first kappa shape index (κ1) is 14.9. The molecule has 5 nitrogen and oxygen atoms in total. The summed E-state index contributed by atoms with van der Waals surface area (Å²) in [6.45, 7) is 8.36. The molecule has 5 heteroatoms. The molecule has 0 atom stereocenters. The second-order valence-corrected chi connectivity index (χ2v) is 5.82. The molecule has 1 aromatic rings. The Labute approximate surface area is 121 Å². The summed E-state index contributed by atoms with van der Waals surface area (Å²) < 4.78 is 0. The van der Waals surface area contributed by atoms with Gasteiger partial charge in [0.2, 0.25) is 5.91 Å². The largest absolute Gasteiger partial charge is 0.340 e. The van der Waals surface area contributed by atoms with Gasteiger partial charge in [0.1, 0.15) is 0 Å². The lowest BCUT2D eigenvalue weighted by atomic mass is 9.99. The van der Waals surface area contributed by atoms with Gasteiger partial charge in [-0.2, -0.15) is 0 Å². The lowest BCUT2D eigenvalue weighted by molar-refractivity contribution is -0.142. The lowest BCUT2D eigenvalue weighted by Crippen LogP contribution is -2.60. The zero-order chi connectivity index (χ0) is 14.6. The fraction of sp³-hybridized carbons (Fsp3) is 0.600. The van der Waals surface area contributed by atoms with Crippen molar-refractivity contribution in [2.45, 2.75) is 25.9 Å². The van der Waals surface area contributed by atoms with Crippen LogP contribution < -0.4 is 5.32 Å². The third-order valence-electron chi connectivity index (χ3n) is 3.92. The molecule has 1 aromatic heterocycles. The number of aromatic nitrogens is 1. The van der Waals surface area contributed by atoms with Gasteiger partial charge in [-0.05, 0) is 25.5 Å². The Hall–Kier alpha value is -1.46. The summed E-state index contributed by atoms with van der Waals surface area (Å²) in [6.07, 6.45) is 3.55. The Morgan fingerprint density at radius 1 is 1.45 bits per heavy atom. The first-order valence-electron chi connectivity index (χ1n) is 7.12. The smallest absolute Gasteiger partial charge is 0.242 e. The van der Waals surface area contributed by atoms with Crippen molar-refractivity contribution in [2.24, 2.45) is 0 Å². The van der Waals surface area contributed by atoms with Gasteiger partial charge in [-0.1, -0.05) is 6.07 Å². The number of amides is 1. The van der Waals surface area contributed by atoms with E-state index in [1.54, 1.807) is 11.1 Å². The second-order valence-electron chi connectivity index (χ2n) is 5.82. The number of nitrogens with one attached hydrogen (secondary N) is 1. The normalized spacial score (nSPS) is 16.9. The van der Waals surface area contributed by atoms with Crippen molar-refractivity contribution in [2.75, 3.05) is 33.2 Å². The Morgan fingerprint density at radius 2 is 2.15 bits per heavy atom. The van der Waals surface area contributed by atoms with E-state index in [9.17, 15) is 4.79 Å². The number of carbonyl (C=O) groups excluding carboxylic acids is 1. The molecule has 20 heavy (non-hydrogen) atoms. The summed E-state index contributed by atoms with van der Waals surface area (Å²) in [5, 5.41) is 3.32. The fourth-order valence-electron chi connectivity index (χ4n) is 2.66. The first-order chi connectivity index (χ1) is 9.51. The van der Waals surface area contributed by atoms with Crippen LogP contribution in [0.1, 0.15) is 19.4 Å². The van der Waals surface area contributed by atoms with Crippen molar-refractivity contribution in [1.82, 2.24) is 20.1 Å². The standard InChI is InChI=1S/C15H24N4O/c1-15(2,19-9-7-16-8-10-19)14(20)18(3)12-13-5-4-6-17-11-13/h4-6,11,16H,7-10,12H2,1-3H3. The number of hydrogen-bond acceptors (Lipinski definition) is 4. The molecule has 0 spiro atoms. The molecule has 0 saturated carbocycles. The van der Waals surface area contributed by atoms with Gasteiger partial charge in [-0.15, -0.1) is 0 Å². The Balaban J connectivity index is 2.01. The number of nitrogens with zero attached hydrogens (tertiary/aromatic N) is 3. The predicted molar refractivity (Wildman–Crippen MR) is 79.2 cm³/mol. The summed E-state index contributed by atoms with van der Waals surface area (Å²) in [7, 11) is 1.86. The summed E-state index contributed by atoms with van der Waals surface area (Å²) in [5.74, 6) is 0.156. The van der Waals surface area contributed by atoms with E-state index in [2.05, 4.69) is 15.2 Å². The number of piperazine rings is 1. The van der Waals surface area contributed by atoms with Gasteiger partial charge >= 0.3 is 0 Å². The highest BCUT2D eigenvalue weighted by Crippen LogP contribution is 2.19. The molecule has 1 saturated heterocycles. The fourth-order valence-corrected chi connectivity index (χ4v) is 2.66. The zero-order valence-electron chi connectivity index (χ0n) is 12.6. The van der Waals surface area contributed by atoms with Gasteiger partial charge in [0.25, 0.3) is 0 Å². The number of carbonyl (C=O) groups is 1. The molecule has 0 radical (unpaired) electrons. The van der Waals surface area contributed by atoms with Crippen LogP contribution in [0.2, 0.25) is 0 Å². The van der Waals surface area contributed by atoms with Crippen molar-refractivity contribution in [3.63, 3.8) is 0 Å². The van der Waals surface area contributed by atoms with Crippen LogP contribution in [0, 0.1) is 0 Å². The van der Waals surface area contributed by atoms with E-state index < -0.39 is 5.54 Å².